The number of hydrogen-bond donors (Lipinski definition) is 0. The first-order valence-corrected chi connectivity index (χ1v) is 24.6. The van der Waals surface area contributed by atoms with Crippen LogP contribution in [-0.4, -0.2) is 8.80 Å². The lowest BCUT2D eigenvalue weighted by Crippen LogP contribution is -2.28. The van der Waals surface area contributed by atoms with Gasteiger partial charge in [0.05, 0.1) is 43.9 Å². The molecule has 0 fully saturated rings. The molecule has 0 unspecified atom stereocenters. The quantitative estimate of drug-likeness (QED) is 0.167. The SMILES string of the molecule is c1ccc(C2(c3ccccc3)c3ccccc3-c3c2ccc2c3c3cccc4c5cc6c(cc5n2c43)c2cccc3c4c5c(ccc4n6c23)C(c2ccccc2)(c2ccccc2)c2ccccc2-5)cc1. The summed E-state index contributed by atoms with van der Waals surface area (Å²) in [7, 11) is 0. The number of nitrogens with zero attached hydrogens (tertiary/aromatic N) is 2. The highest BCUT2D eigenvalue weighted by molar-refractivity contribution is 6.31. The third-order valence-electron chi connectivity index (χ3n) is 16.9. The third kappa shape index (κ3) is 4.14. The van der Waals surface area contributed by atoms with E-state index in [9.17, 15) is 0 Å². The molecule has 0 saturated carbocycles. The van der Waals surface area contributed by atoms with E-state index in [1.165, 1.54) is 143 Å². The lowest BCUT2D eigenvalue weighted by atomic mass is 9.67. The van der Waals surface area contributed by atoms with Gasteiger partial charge in [-0.15, -0.1) is 0 Å². The fourth-order valence-electron chi connectivity index (χ4n) is 14.5. The molecule has 0 aliphatic heterocycles. The first kappa shape index (κ1) is 37.1. The molecule has 4 heterocycles. The van der Waals surface area contributed by atoms with E-state index in [4.69, 9.17) is 0 Å². The molecule has 0 radical (unpaired) electrons. The zero-order valence-electron chi connectivity index (χ0n) is 38.0. The molecule has 2 aliphatic carbocycles. The third-order valence-corrected chi connectivity index (χ3v) is 16.9. The van der Waals surface area contributed by atoms with Crippen molar-refractivity contribution in [3.05, 3.63) is 287 Å². The Morgan fingerprint density at radius 2 is 0.586 bits per heavy atom. The lowest BCUT2D eigenvalue weighted by Gasteiger charge is -2.33. The largest absolute Gasteiger partial charge is 0.308 e. The smallest absolute Gasteiger partial charge is 0.0713 e. The first-order valence-electron chi connectivity index (χ1n) is 24.6. The summed E-state index contributed by atoms with van der Waals surface area (Å²) in [5.74, 6) is 0. The summed E-state index contributed by atoms with van der Waals surface area (Å²) >= 11 is 0. The predicted octanol–water partition coefficient (Wildman–Crippen LogP) is 16.7. The van der Waals surface area contributed by atoms with Gasteiger partial charge < -0.3 is 8.80 Å². The average Bonchev–Trinajstić information content (AvgIpc) is 4.26. The molecule has 0 spiro atoms. The maximum Gasteiger partial charge on any atom is 0.0713 e. The number of hydrogen-bond acceptors (Lipinski definition) is 0. The second-order valence-corrected chi connectivity index (χ2v) is 19.8. The van der Waals surface area contributed by atoms with E-state index < -0.39 is 10.8 Å². The molecule has 0 atom stereocenters. The minimum absolute atomic E-state index is 0.459. The Morgan fingerprint density at radius 3 is 0.971 bits per heavy atom. The van der Waals surface area contributed by atoms with Crippen LogP contribution in [0.5, 0.6) is 0 Å². The molecule has 2 heteroatoms. The van der Waals surface area contributed by atoms with Crippen LogP contribution < -0.4 is 0 Å². The standard InChI is InChI=1S/C68H40N2/c1-5-19-41(20-6-1)67(42-21-7-2-8-22-42)53-33-15-13-27-47(53)61-55(67)35-37-57-63(61)49-31-17-29-45-51-40-60-52(39-59(51)69(57)65(45)49)46-30-18-32-50-64-58(70(60)66(46)50)38-36-56-62(64)48-28-14-16-34-54(48)68(56,43-23-9-3-10-24-43)44-25-11-4-12-26-44/h1-40H. The van der Waals surface area contributed by atoms with Gasteiger partial charge in [-0.05, 0) is 91.0 Å². The minimum atomic E-state index is -0.459. The summed E-state index contributed by atoms with van der Waals surface area (Å²) in [6.45, 7) is 0. The molecule has 0 N–H and O–H groups in total. The minimum Gasteiger partial charge on any atom is -0.308 e. The molecule has 4 aromatic heterocycles. The van der Waals surface area contributed by atoms with Gasteiger partial charge in [-0.3, -0.25) is 0 Å². The van der Waals surface area contributed by atoms with Crippen LogP contribution >= 0.6 is 0 Å². The van der Waals surface area contributed by atoms with Crippen LogP contribution in [0.4, 0.5) is 0 Å². The fourth-order valence-corrected chi connectivity index (χ4v) is 14.5. The van der Waals surface area contributed by atoms with Crippen molar-refractivity contribution in [3.63, 3.8) is 0 Å². The van der Waals surface area contributed by atoms with Gasteiger partial charge in [0.1, 0.15) is 0 Å². The molecule has 0 saturated heterocycles. The van der Waals surface area contributed by atoms with Crippen LogP contribution in [0, 0.1) is 0 Å². The van der Waals surface area contributed by atoms with E-state index >= 15 is 0 Å². The molecule has 11 aromatic carbocycles. The van der Waals surface area contributed by atoms with E-state index in [2.05, 4.69) is 251 Å². The molecule has 0 amide bonds. The summed E-state index contributed by atoms with van der Waals surface area (Å²) in [6, 6.07) is 91.7. The summed E-state index contributed by atoms with van der Waals surface area (Å²) in [6.07, 6.45) is 0. The first-order chi connectivity index (χ1) is 34.8. The molecule has 2 nitrogen and oxygen atoms in total. The van der Waals surface area contributed by atoms with Crippen molar-refractivity contribution in [1.29, 1.82) is 0 Å². The van der Waals surface area contributed by atoms with Gasteiger partial charge in [-0.2, -0.15) is 0 Å². The molecular weight excluding hydrogens is 845 g/mol. The van der Waals surface area contributed by atoms with Crippen molar-refractivity contribution in [2.45, 2.75) is 10.8 Å². The number of para-hydroxylation sites is 2. The number of benzene rings is 11. The zero-order chi connectivity index (χ0) is 45.5. The molecule has 2 aliphatic rings. The Balaban J connectivity index is 0.966. The van der Waals surface area contributed by atoms with Crippen LogP contribution in [0.15, 0.2) is 243 Å². The molecule has 322 valence electrons. The van der Waals surface area contributed by atoms with Crippen LogP contribution in [0.1, 0.15) is 44.5 Å². The predicted molar refractivity (Wildman–Crippen MR) is 290 cm³/mol. The van der Waals surface area contributed by atoms with Crippen molar-refractivity contribution >= 4 is 76.2 Å². The van der Waals surface area contributed by atoms with Crippen LogP contribution in [-0.2, 0) is 10.8 Å². The van der Waals surface area contributed by atoms with E-state index in [-0.39, 0.29) is 0 Å². The van der Waals surface area contributed by atoms with Crippen LogP contribution in [0.2, 0.25) is 0 Å². The summed E-state index contributed by atoms with van der Waals surface area (Å²) in [5.41, 5.74) is 22.5. The highest BCUT2D eigenvalue weighted by Gasteiger charge is 2.49. The Kier molecular flexibility index (Phi) is 6.86. The van der Waals surface area contributed by atoms with Gasteiger partial charge in [0.2, 0.25) is 0 Å². The van der Waals surface area contributed by atoms with Crippen LogP contribution in [0.25, 0.3) is 98.4 Å². The summed E-state index contributed by atoms with van der Waals surface area (Å²) < 4.78 is 5.18. The van der Waals surface area contributed by atoms with Crippen LogP contribution in [0.3, 0.4) is 0 Å². The van der Waals surface area contributed by atoms with Crippen molar-refractivity contribution in [1.82, 2.24) is 8.80 Å². The van der Waals surface area contributed by atoms with Gasteiger partial charge in [0, 0.05) is 43.1 Å². The highest BCUT2D eigenvalue weighted by atomic mass is 14.9. The zero-order valence-corrected chi connectivity index (χ0v) is 38.0. The Labute approximate surface area is 403 Å². The number of fused-ring (bicyclic) bond motifs is 20. The average molecular weight is 885 g/mol. The van der Waals surface area contributed by atoms with Gasteiger partial charge in [-0.25, -0.2) is 0 Å². The van der Waals surface area contributed by atoms with E-state index in [1.54, 1.807) is 0 Å². The monoisotopic (exact) mass is 884 g/mol. The van der Waals surface area contributed by atoms with Crippen molar-refractivity contribution in [3.8, 4) is 22.3 Å². The Bertz CT molecular complexity index is 4290. The maximum atomic E-state index is 2.59. The second kappa shape index (κ2) is 13.0. The normalized spacial score (nSPS) is 14.5. The second-order valence-electron chi connectivity index (χ2n) is 19.8. The number of rotatable bonds is 4. The summed E-state index contributed by atoms with van der Waals surface area (Å²) in [5, 5.41) is 10.4. The molecular formula is C68H40N2. The van der Waals surface area contributed by atoms with Gasteiger partial charge in [0.15, 0.2) is 0 Å². The van der Waals surface area contributed by atoms with Gasteiger partial charge in [0.25, 0.3) is 0 Å². The number of aromatic nitrogens is 2. The molecule has 0 bridgehead atoms. The molecule has 17 rings (SSSR count). The topological polar surface area (TPSA) is 8.82 Å². The molecule has 15 aromatic rings. The Hall–Kier alpha value is -8.98. The fraction of sp³-hybridized carbons (Fsp3) is 0.0294. The molecule has 70 heavy (non-hydrogen) atoms. The van der Waals surface area contributed by atoms with Crippen molar-refractivity contribution in [2.24, 2.45) is 0 Å². The lowest BCUT2D eigenvalue weighted by molar-refractivity contribution is 0.769. The van der Waals surface area contributed by atoms with Gasteiger partial charge >= 0.3 is 0 Å². The van der Waals surface area contributed by atoms with E-state index in [0.29, 0.717) is 0 Å². The van der Waals surface area contributed by atoms with Crippen molar-refractivity contribution in [2.75, 3.05) is 0 Å². The maximum absolute atomic E-state index is 2.59. The summed E-state index contributed by atoms with van der Waals surface area (Å²) in [4.78, 5) is 0. The van der Waals surface area contributed by atoms with E-state index in [0.717, 1.165) is 0 Å². The van der Waals surface area contributed by atoms with Crippen molar-refractivity contribution < 1.29 is 0 Å². The highest BCUT2D eigenvalue weighted by Crippen LogP contribution is 2.61. The van der Waals surface area contributed by atoms with E-state index in [1.807, 2.05) is 0 Å². The van der Waals surface area contributed by atoms with Gasteiger partial charge in [-0.1, -0.05) is 218 Å². The Morgan fingerprint density at radius 1 is 0.243 bits per heavy atom.